The van der Waals surface area contributed by atoms with Crippen LogP contribution in [0.3, 0.4) is 0 Å². The molecular weight excluding hydrogens is 578 g/mol. The molecule has 1 aromatic carbocycles. The van der Waals surface area contributed by atoms with Gasteiger partial charge in [-0.05, 0) is 38.3 Å². The van der Waals surface area contributed by atoms with E-state index < -0.39 is 57.5 Å². The average molecular weight is 612 g/mol. The highest BCUT2D eigenvalue weighted by Gasteiger charge is 2.59. The molecule has 0 saturated carbocycles. The summed E-state index contributed by atoms with van der Waals surface area (Å²) in [5, 5.41) is 5.31. The monoisotopic (exact) mass is 611 g/mol. The fraction of sp³-hybridized carbons (Fsp3) is 0.464. The molecule has 5 heterocycles. The lowest BCUT2D eigenvalue weighted by Crippen LogP contribution is -2.55. The molecule has 0 spiro atoms. The maximum Gasteiger partial charge on any atom is 0.320 e. The van der Waals surface area contributed by atoms with Crippen LogP contribution in [0, 0.1) is 0 Å². The van der Waals surface area contributed by atoms with Crippen LogP contribution in [0.15, 0.2) is 49.1 Å². The van der Waals surface area contributed by atoms with Crippen LogP contribution < -0.4 is 10.6 Å². The summed E-state index contributed by atoms with van der Waals surface area (Å²) >= 11 is 0. The molecule has 14 nitrogen and oxygen atoms in total. The number of carbonyl (C=O) groups is 2. The summed E-state index contributed by atoms with van der Waals surface area (Å²) in [6, 6.07) is 9.18. The normalized spacial score (nSPS) is 28.9. The predicted octanol–water partition coefficient (Wildman–Crippen LogP) is 2.07. The molecule has 43 heavy (non-hydrogen) atoms. The Labute approximate surface area is 248 Å². The first kappa shape index (κ1) is 29.2. The highest BCUT2D eigenvalue weighted by atomic mass is 32.2. The number of imidazole rings is 1. The zero-order valence-corrected chi connectivity index (χ0v) is 24.7. The number of sulfone groups is 1. The smallest absolute Gasteiger partial charge is 0.320 e. The molecule has 3 aromatic rings. The van der Waals surface area contributed by atoms with Crippen LogP contribution >= 0.6 is 0 Å². The Morgan fingerprint density at radius 3 is 2.63 bits per heavy atom. The van der Waals surface area contributed by atoms with Crippen molar-refractivity contribution in [1.29, 1.82) is 0 Å². The molecule has 6 unspecified atom stereocenters. The number of nitrogens with zero attached hydrogens (tertiary/aromatic N) is 5. The molecule has 3 fully saturated rings. The average Bonchev–Trinajstić information content (AvgIpc) is 3.75. The topological polar surface area (TPSA) is 167 Å². The van der Waals surface area contributed by atoms with Gasteiger partial charge in [0.15, 0.2) is 45.4 Å². The van der Waals surface area contributed by atoms with Gasteiger partial charge in [0.1, 0.15) is 23.4 Å². The fourth-order valence-corrected chi connectivity index (χ4v) is 6.90. The lowest BCUT2D eigenvalue weighted by Gasteiger charge is -2.35. The third-order valence-corrected chi connectivity index (χ3v) is 10.1. The van der Waals surface area contributed by atoms with Crippen LogP contribution in [-0.4, -0.2) is 93.6 Å². The minimum atomic E-state index is -3.61. The van der Waals surface area contributed by atoms with Crippen molar-refractivity contribution in [1.82, 2.24) is 29.7 Å². The first-order valence-electron chi connectivity index (χ1n) is 14.0. The quantitative estimate of drug-likeness (QED) is 0.404. The van der Waals surface area contributed by atoms with E-state index in [4.69, 9.17) is 14.2 Å². The number of carbonyl (C=O) groups excluding carboxylic acids is 2. The molecule has 2 N–H and O–H groups in total. The van der Waals surface area contributed by atoms with Gasteiger partial charge in [0.05, 0.1) is 6.33 Å². The van der Waals surface area contributed by atoms with Crippen molar-refractivity contribution >= 4 is 44.8 Å². The minimum absolute atomic E-state index is 0.199. The lowest BCUT2D eigenvalue weighted by molar-refractivity contribution is -0.162. The second-order valence-corrected chi connectivity index (χ2v) is 13.3. The number of urea groups is 1. The van der Waals surface area contributed by atoms with Crippen LogP contribution in [0.4, 0.5) is 10.6 Å². The van der Waals surface area contributed by atoms with Gasteiger partial charge in [-0.3, -0.25) is 14.7 Å². The number of anilines is 1. The molecule has 2 aromatic heterocycles. The van der Waals surface area contributed by atoms with E-state index in [-0.39, 0.29) is 12.4 Å². The van der Waals surface area contributed by atoms with Crippen LogP contribution in [0.2, 0.25) is 0 Å². The number of hydrogen-bond acceptors (Lipinski definition) is 10. The second-order valence-electron chi connectivity index (χ2n) is 10.9. The minimum Gasteiger partial charge on any atom is -0.339 e. The van der Waals surface area contributed by atoms with Gasteiger partial charge in [0.25, 0.3) is 5.91 Å². The van der Waals surface area contributed by atoms with Crippen LogP contribution in [-0.2, 0) is 28.8 Å². The van der Waals surface area contributed by atoms with Gasteiger partial charge in [0, 0.05) is 19.3 Å². The molecule has 6 rings (SSSR count). The van der Waals surface area contributed by atoms with Gasteiger partial charge >= 0.3 is 6.03 Å². The van der Waals surface area contributed by atoms with Gasteiger partial charge in [-0.25, -0.2) is 28.2 Å². The molecule has 15 heteroatoms. The van der Waals surface area contributed by atoms with Gasteiger partial charge in [-0.2, -0.15) is 0 Å². The molecule has 228 valence electrons. The third-order valence-electron chi connectivity index (χ3n) is 8.12. The standard InChI is InChI=1S/C28H33N7O7S/c1-4-29-27(37)33-23-19-24(31-15-30-23)34(16-32-19)26-22-20(40-18(41-22)12-11-17-9-6-5-7-10-17)21(42-26)25(36)35-14-8-13-28(35,2)43(3,38)39/h5-7,9-12,15-16,18,20-22,26H,4,8,13-14H2,1-3H3,(H2,29,30,31,33,37). The van der Waals surface area contributed by atoms with E-state index >= 15 is 0 Å². The summed E-state index contributed by atoms with van der Waals surface area (Å²) in [4.78, 5) is 39.2. The molecule has 0 aliphatic carbocycles. The van der Waals surface area contributed by atoms with Crippen LogP contribution in [0.25, 0.3) is 17.2 Å². The third kappa shape index (κ3) is 5.26. The Morgan fingerprint density at radius 1 is 1.12 bits per heavy atom. The molecule has 3 aliphatic heterocycles. The number of rotatable bonds is 7. The van der Waals surface area contributed by atoms with Crippen molar-refractivity contribution in [3.05, 3.63) is 54.6 Å². The van der Waals surface area contributed by atoms with Crippen molar-refractivity contribution in [3.8, 4) is 0 Å². The Morgan fingerprint density at radius 2 is 1.88 bits per heavy atom. The number of fused-ring (bicyclic) bond motifs is 2. The maximum absolute atomic E-state index is 14.0. The number of amides is 3. The van der Waals surface area contributed by atoms with Gasteiger partial charge in [0.2, 0.25) is 0 Å². The Kier molecular flexibility index (Phi) is 7.66. The van der Waals surface area contributed by atoms with Crippen molar-refractivity contribution in [3.63, 3.8) is 0 Å². The molecule has 3 amide bonds. The first-order valence-corrected chi connectivity index (χ1v) is 15.9. The van der Waals surface area contributed by atoms with Crippen LogP contribution in [0.1, 0.15) is 38.5 Å². The van der Waals surface area contributed by atoms with Gasteiger partial charge < -0.3 is 24.4 Å². The van der Waals surface area contributed by atoms with E-state index in [0.29, 0.717) is 30.6 Å². The van der Waals surface area contributed by atoms with E-state index in [1.54, 1.807) is 24.5 Å². The first-order chi connectivity index (χ1) is 20.6. The molecule has 3 saturated heterocycles. The zero-order chi connectivity index (χ0) is 30.4. The van der Waals surface area contributed by atoms with E-state index in [2.05, 4.69) is 25.6 Å². The maximum atomic E-state index is 14.0. The zero-order valence-electron chi connectivity index (χ0n) is 23.9. The van der Waals surface area contributed by atoms with Gasteiger partial charge in [-0.15, -0.1) is 0 Å². The number of ether oxygens (including phenoxy) is 3. The van der Waals surface area contributed by atoms with E-state index in [9.17, 15) is 18.0 Å². The summed E-state index contributed by atoms with van der Waals surface area (Å²) in [5.74, 6) is -0.290. The lowest BCUT2D eigenvalue weighted by atomic mass is 10.1. The summed E-state index contributed by atoms with van der Waals surface area (Å²) in [5.41, 5.74) is 1.59. The number of hydrogen-bond donors (Lipinski definition) is 2. The number of likely N-dealkylation sites (tertiary alicyclic amines) is 1. The van der Waals surface area contributed by atoms with E-state index in [1.165, 1.54) is 17.6 Å². The number of benzene rings is 1. The highest BCUT2D eigenvalue weighted by Crippen LogP contribution is 2.43. The summed E-state index contributed by atoms with van der Waals surface area (Å²) in [6.07, 6.45) is 3.92. The molecular formula is C28H33N7O7S. The SMILES string of the molecule is CCNC(=O)Nc1ncnc2c1ncn2C1OC(C(=O)N2CCCC2(C)S(C)(=O)=O)C2OC(C=Cc3ccccc3)OC21. The van der Waals surface area contributed by atoms with Gasteiger partial charge in [-0.1, -0.05) is 36.4 Å². The number of aromatic nitrogens is 4. The van der Waals surface area contributed by atoms with Crippen molar-refractivity contribution in [2.75, 3.05) is 24.7 Å². The Bertz CT molecular complexity index is 1660. The second kappa shape index (κ2) is 11.3. The molecule has 0 bridgehead atoms. The highest BCUT2D eigenvalue weighted by molar-refractivity contribution is 7.92. The van der Waals surface area contributed by atoms with Crippen molar-refractivity contribution in [2.45, 2.75) is 62.4 Å². The molecule has 3 aliphatic rings. The van der Waals surface area contributed by atoms with E-state index in [0.717, 1.165) is 11.8 Å². The number of nitrogens with one attached hydrogen (secondary N) is 2. The summed E-state index contributed by atoms with van der Waals surface area (Å²) in [7, 11) is -3.61. The summed E-state index contributed by atoms with van der Waals surface area (Å²) < 4.78 is 46.0. The van der Waals surface area contributed by atoms with Crippen molar-refractivity contribution < 1.29 is 32.2 Å². The van der Waals surface area contributed by atoms with Crippen molar-refractivity contribution in [2.24, 2.45) is 0 Å². The predicted molar refractivity (Wildman–Crippen MR) is 155 cm³/mol. The Balaban J connectivity index is 1.34. The molecule has 0 radical (unpaired) electrons. The fourth-order valence-electron chi connectivity index (χ4n) is 5.80. The van der Waals surface area contributed by atoms with Crippen LogP contribution in [0.5, 0.6) is 0 Å². The summed E-state index contributed by atoms with van der Waals surface area (Å²) in [6.45, 7) is 4.06. The van der Waals surface area contributed by atoms with E-state index in [1.807, 2.05) is 36.4 Å². The Hall–Kier alpha value is -3.92. The largest absolute Gasteiger partial charge is 0.339 e. The molecule has 6 atom stereocenters.